The molecule has 0 bridgehead atoms. The summed E-state index contributed by atoms with van der Waals surface area (Å²) >= 11 is 1.75. The molecular formula is C13H22N2OS. The topological polar surface area (TPSA) is 34.2 Å². The zero-order valence-electron chi connectivity index (χ0n) is 10.7. The van der Waals surface area contributed by atoms with Crippen LogP contribution in [0.1, 0.15) is 30.5 Å². The van der Waals surface area contributed by atoms with Crippen molar-refractivity contribution in [3.05, 3.63) is 16.1 Å². The second-order valence-corrected chi connectivity index (χ2v) is 5.74. The first-order chi connectivity index (χ1) is 8.29. The van der Waals surface area contributed by atoms with Crippen LogP contribution in [-0.4, -0.2) is 30.8 Å². The van der Waals surface area contributed by atoms with Crippen LogP contribution in [0.4, 0.5) is 0 Å². The summed E-state index contributed by atoms with van der Waals surface area (Å²) in [5.41, 5.74) is 1.24. The number of nitrogens with zero attached hydrogens (tertiary/aromatic N) is 1. The van der Waals surface area contributed by atoms with E-state index in [2.05, 4.69) is 29.5 Å². The molecule has 0 aliphatic carbocycles. The molecule has 1 fully saturated rings. The van der Waals surface area contributed by atoms with Gasteiger partial charge in [-0.15, -0.1) is 11.3 Å². The van der Waals surface area contributed by atoms with Gasteiger partial charge in [0.15, 0.2) is 0 Å². The summed E-state index contributed by atoms with van der Waals surface area (Å²) < 4.78 is 5.44. The highest BCUT2D eigenvalue weighted by molar-refractivity contribution is 7.09. The first-order valence-electron chi connectivity index (χ1n) is 6.51. The van der Waals surface area contributed by atoms with Crippen molar-refractivity contribution in [3.63, 3.8) is 0 Å². The molecule has 1 saturated heterocycles. The Hall–Kier alpha value is -0.450. The molecule has 2 heterocycles. The smallest absolute Gasteiger partial charge is 0.0897 e. The van der Waals surface area contributed by atoms with Gasteiger partial charge in [0.05, 0.1) is 10.7 Å². The molecule has 0 radical (unpaired) electrons. The van der Waals surface area contributed by atoms with Crippen molar-refractivity contribution in [2.75, 3.05) is 19.8 Å². The number of thiazole rings is 1. The molecule has 1 aliphatic heterocycles. The van der Waals surface area contributed by atoms with Crippen LogP contribution in [0.5, 0.6) is 0 Å². The average Bonchev–Trinajstić information content (AvgIpc) is 2.75. The van der Waals surface area contributed by atoms with E-state index in [1.165, 1.54) is 23.5 Å². The van der Waals surface area contributed by atoms with Crippen LogP contribution in [-0.2, 0) is 11.2 Å². The number of nitrogens with one attached hydrogen (secondary N) is 1. The number of likely N-dealkylation sites (N-methyl/N-ethyl adjacent to an activating group) is 1. The molecule has 3 nitrogen and oxygen atoms in total. The molecule has 0 amide bonds. The fraction of sp³-hybridized carbons (Fsp3) is 0.769. The fourth-order valence-corrected chi connectivity index (χ4v) is 3.14. The van der Waals surface area contributed by atoms with Gasteiger partial charge in [-0.05, 0) is 32.2 Å². The van der Waals surface area contributed by atoms with Crippen LogP contribution in [0.15, 0.2) is 5.38 Å². The highest BCUT2D eigenvalue weighted by atomic mass is 32.1. The molecule has 0 saturated carbocycles. The zero-order valence-corrected chi connectivity index (χ0v) is 11.6. The Bertz CT molecular complexity index is 334. The second kappa shape index (κ2) is 6.47. The summed E-state index contributed by atoms with van der Waals surface area (Å²) in [6, 6.07) is 0.561. The van der Waals surface area contributed by atoms with Crippen LogP contribution in [0.3, 0.4) is 0 Å². The van der Waals surface area contributed by atoms with E-state index >= 15 is 0 Å². The Kier molecular flexibility index (Phi) is 4.95. The third-order valence-electron chi connectivity index (χ3n) is 3.40. The minimum absolute atomic E-state index is 0.561. The van der Waals surface area contributed by atoms with E-state index in [-0.39, 0.29) is 0 Å². The normalized spacial score (nSPS) is 19.4. The Morgan fingerprint density at radius 1 is 1.53 bits per heavy atom. The second-order valence-electron chi connectivity index (χ2n) is 4.68. The number of rotatable bonds is 5. The van der Waals surface area contributed by atoms with Gasteiger partial charge in [-0.25, -0.2) is 4.98 Å². The number of hydrogen-bond acceptors (Lipinski definition) is 4. The van der Waals surface area contributed by atoms with Gasteiger partial charge in [-0.1, -0.05) is 6.92 Å². The first kappa shape index (κ1) is 13.0. The Morgan fingerprint density at radius 3 is 2.88 bits per heavy atom. The van der Waals surface area contributed by atoms with Crippen molar-refractivity contribution in [2.24, 2.45) is 5.92 Å². The quantitative estimate of drug-likeness (QED) is 0.876. The van der Waals surface area contributed by atoms with E-state index in [1.807, 2.05) is 0 Å². The van der Waals surface area contributed by atoms with Crippen molar-refractivity contribution < 1.29 is 4.74 Å². The third-order valence-corrected chi connectivity index (χ3v) is 4.22. The Morgan fingerprint density at radius 2 is 2.29 bits per heavy atom. The minimum atomic E-state index is 0.561. The number of hydrogen-bond donors (Lipinski definition) is 1. The zero-order chi connectivity index (χ0) is 12.1. The standard InChI is InChI=1S/C13H22N2OS/c1-3-14-13(11-4-6-16-7-5-11)8-12-9-17-10(2)15-12/h9,11,13-14H,3-8H2,1-2H3. The van der Waals surface area contributed by atoms with E-state index in [0.717, 1.165) is 32.1 Å². The highest BCUT2D eigenvalue weighted by Crippen LogP contribution is 2.22. The summed E-state index contributed by atoms with van der Waals surface area (Å²) in [7, 11) is 0. The Labute approximate surface area is 108 Å². The van der Waals surface area contributed by atoms with Gasteiger partial charge < -0.3 is 10.1 Å². The van der Waals surface area contributed by atoms with Crippen molar-refractivity contribution in [1.29, 1.82) is 0 Å². The molecule has 1 aromatic rings. The van der Waals surface area contributed by atoms with Crippen LogP contribution in [0.25, 0.3) is 0 Å². The lowest BCUT2D eigenvalue weighted by molar-refractivity contribution is 0.0539. The SMILES string of the molecule is CCNC(Cc1csc(C)n1)C1CCOCC1. The summed E-state index contributed by atoms with van der Waals surface area (Å²) in [6.07, 6.45) is 3.42. The van der Waals surface area contributed by atoms with Gasteiger partial charge in [-0.3, -0.25) is 0 Å². The lowest BCUT2D eigenvalue weighted by atomic mass is 9.89. The maximum absolute atomic E-state index is 5.44. The van der Waals surface area contributed by atoms with E-state index in [9.17, 15) is 0 Å². The van der Waals surface area contributed by atoms with Crippen molar-refractivity contribution in [2.45, 2.75) is 39.2 Å². The predicted octanol–water partition coefficient (Wildman–Crippen LogP) is 2.40. The summed E-state index contributed by atoms with van der Waals surface area (Å²) in [4.78, 5) is 4.57. The van der Waals surface area contributed by atoms with Gasteiger partial charge in [-0.2, -0.15) is 0 Å². The fourth-order valence-electron chi connectivity index (χ4n) is 2.51. The maximum atomic E-state index is 5.44. The average molecular weight is 254 g/mol. The lowest BCUT2D eigenvalue weighted by Gasteiger charge is -2.30. The van der Waals surface area contributed by atoms with Crippen LogP contribution in [0, 0.1) is 12.8 Å². The lowest BCUT2D eigenvalue weighted by Crippen LogP contribution is -2.40. The largest absolute Gasteiger partial charge is 0.381 e. The molecule has 1 N–H and O–H groups in total. The van der Waals surface area contributed by atoms with Crippen molar-refractivity contribution >= 4 is 11.3 Å². The molecule has 1 unspecified atom stereocenters. The van der Waals surface area contributed by atoms with E-state index in [0.29, 0.717) is 6.04 Å². The van der Waals surface area contributed by atoms with Gasteiger partial charge in [0, 0.05) is 31.1 Å². The van der Waals surface area contributed by atoms with Gasteiger partial charge in [0.1, 0.15) is 0 Å². The molecule has 1 aromatic heterocycles. The Balaban J connectivity index is 1.95. The molecule has 17 heavy (non-hydrogen) atoms. The molecular weight excluding hydrogens is 232 g/mol. The summed E-state index contributed by atoms with van der Waals surface area (Å²) in [5, 5.41) is 6.98. The molecule has 4 heteroatoms. The number of aryl methyl sites for hydroxylation is 1. The van der Waals surface area contributed by atoms with Crippen LogP contribution < -0.4 is 5.32 Å². The van der Waals surface area contributed by atoms with E-state index in [1.54, 1.807) is 11.3 Å². The summed E-state index contributed by atoms with van der Waals surface area (Å²) in [6.45, 7) is 7.12. The molecule has 1 aliphatic rings. The van der Waals surface area contributed by atoms with Gasteiger partial charge in [0.2, 0.25) is 0 Å². The summed E-state index contributed by atoms with van der Waals surface area (Å²) in [5.74, 6) is 0.741. The molecule has 1 atom stereocenters. The number of aromatic nitrogens is 1. The maximum Gasteiger partial charge on any atom is 0.0897 e. The molecule has 96 valence electrons. The van der Waals surface area contributed by atoms with Crippen molar-refractivity contribution in [3.8, 4) is 0 Å². The molecule has 2 rings (SSSR count). The first-order valence-corrected chi connectivity index (χ1v) is 7.39. The van der Waals surface area contributed by atoms with Crippen LogP contribution in [0.2, 0.25) is 0 Å². The predicted molar refractivity (Wildman–Crippen MR) is 71.6 cm³/mol. The van der Waals surface area contributed by atoms with Gasteiger partial charge >= 0.3 is 0 Å². The minimum Gasteiger partial charge on any atom is -0.381 e. The highest BCUT2D eigenvalue weighted by Gasteiger charge is 2.24. The molecule has 0 aromatic carbocycles. The monoisotopic (exact) mass is 254 g/mol. The number of ether oxygens (including phenoxy) is 1. The van der Waals surface area contributed by atoms with E-state index < -0.39 is 0 Å². The van der Waals surface area contributed by atoms with Crippen LogP contribution >= 0.6 is 11.3 Å². The third kappa shape index (κ3) is 3.76. The van der Waals surface area contributed by atoms with E-state index in [4.69, 9.17) is 4.74 Å². The van der Waals surface area contributed by atoms with Gasteiger partial charge in [0.25, 0.3) is 0 Å². The molecule has 0 spiro atoms. The van der Waals surface area contributed by atoms with Crippen molar-refractivity contribution in [1.82, 2.24) is 10.3 Å².